The number of halogens is 2. The number of fused-ring (bicyclic) bond motifs is 1. The lowest BCUT2D eigenvalue weighted by atomic mass is 10.3. The second-order valence-corrected chi connectivity index (χ2v) is 4.56. The van der Waals surface area contributed by atoms with Crippen LogP contribution >= 0.6 is 23.2 Å². The number of nitrogens with zero attached hydrogens (tertiary/aromatic N) is 4. The first-order valence-corrected chi connectivity index (χ1v) is 6.04. The summed E-state index contributed by atoms with van der Waals surface area (Å²) in [6, 6.07) is 5.75. The van der Waals surface area contributed by atoms with Crippen molar-refractivity contribution < 1.29 is 0 Å². The fourth-order valence-electron chi connectivity index (χ4n) is 1.62. The van der Waals surface area contributed by atoms with E-state index in [2.05, 4.69) is 15.0 Å². The predicted molar refractivity (Wildman–Crippen MR) is 71.0 cm³/mol. The maximum absolute atomic E-state index is 6.00. The van der Waals surface area contributed by atoms with Gasteiger partial charge in [0.05, 0.1) is 0 Å². The van der Waals surface area contributed by atoms with E-state index in [9.17, 15) is 0 Å². The molecule has 0 spiro atoms. The first kappa shape index (κ1) is 11.4. The lowest BCUT2D eigenvalue weighted by Gasteiger charge is -2.01. The van der Waals surface area contributed by atoms with Gasteiger partial charge < -0.3 is 4.40 Å². The van der Waals surface area contributed by atoms with Crippen molar-refractivity contribution in [1.29, 1.82) is 0 Å². The Labute approximate surface area is 113 Å². The van der Waals surface area contributed by atoms with Crippen molar-refractivity contribution in [3.8, 4) is 11.5 Å². The molecule has 0 fully saturated rings. The van der Waals surface area contributed by atoms with Crippen LogP contribution in [0.4, 0.5) is 0 Å². The van der Waals surface area contributed by atoms with Gasteiger partial charge in [0.2, 0.25) is 0 Å². The summed E-state index contributed by atoms with van der Waals surface area (Å²) in [5.74, 6) is 0.430. The SMILES string of the molecule is Cc1c(Cl)nc(-c2cn3ccccc3n2)nc1Cl. The summed E-state index contributed by atoms with van der Waals surface area (Å²) < 4.78 is 1.89. The monoisotopic (exact) mass is 278 g/mol. The highest BCUT2D eigenvalue weighted by molar-refractivity contribution is 6.34. The third-order valence-corrected chi connectivity index (χ3v) is 3.36. The third-order valence-electron chi connectivity index (χ3n) is 2.62. The van der Waals surface area contributed by atoms with Gasteiger partial charge >= 0.3 is 0 Å². The quantitative estimate of drug-likeness (QED) is 0.641. The first-order chi connectivity index (χ1) is 8.65. The summed E-state index contributed by atoms with van der Waals surface area (Å²) in [5, 5.41) is 0.698. The van der Waals surface area contributed by atoms with Gasteiger partial charge in [0.1, 0.15) is 21.6 Å². The van der Waals surface area contributed by atoms with Crippen molar-refractivity contribution in [2.45, 2.75) is 6.92 Å². The molecule has 0 aliphatic heterocycles. The van der Waals surface area contributed by atoms with E-state index >= 15 is 0 Å². The van der Waals surface area contributed by atoms with E-state index in [-0.39, 0.29) is 0 Å². The topological polar surface area (TPSA) is 43.1 Å². The Balaban J connectivity index is 2.20. The molecule has 3 rings (SSSR count). The van der Waals surface area contributed by atoms with Crippen LogP contribution in [0.2, 0.25) is 10.3 Å². The van der Waals surface area contributed by atoms with Crippen LogP contribution in [-0.2, 0) is 0 Å². The van der Waals surface area contributed by atoms with Crippen LogP contribution in [-0.4, -0.2) is 19.4 Å². The van der Waals surface area contributed by atoms with Gasteiger partial charge in [0.25, 0.3) is 0 Å². The van der Waals surface area contributed by atoms with Crippen molar-refractivity contribution in [2.24, 2.45) is 0 Å². The molecule has 0 N–H and O–H groups in total. The van der Waals surface area contributed by atoms with Crippen LogP contribution in [0.15, 0.2) is 30.6 Å². The van der Waals surface area contributed by atoms with Crippen LogP contribution < -0.4 is 0 Å². The molecule has 0 saturated carbocycles. The lowest BCUT2D eigenvalue weighted by Crippen LogP contribution is -1.93. The Morgan fingerprint density at radius 2 is 1.78 bits per heavy atom. The summed E-state index contributed by atoms with van der Waals surface area (Å²) in [4.78, 5) is 12.8. The standard InChI is InChI=1S/C12H8Cl2N4/c1-7-10(13)16-12(17-11(7)14)8-6-18-5-3-2-4-9(18)15-8/h2-6H,1H3. The molecular weight excluding hydrogens is 271 g/mol. The maximum Gasteiger partial charge on any atom is 0.182 e. The van der Waals surface area contributed by atoms with E-state index in [1.807, 2.05) is 35.0 Å². The summed E-state index contributed by atoms with van der Waals surface area (Å²) in [6.07, 6.45) is 3.75. The third kappa shape index (κ3) is 1.83. The van der Waals surface area contributed by atoms with Crippen LogP contribution in [0.1, 0.15) is 5.56 Å². The van der Waals surface area contributed by atoms with Gasteiger partial charge in [-0.1, -0.05) is 29.3 Å². The smallest absolute Gasteiger partial charge is 0.182 e. The average Bonchev–Trinajstić information content (AvgIpc) is 2.79. The number of hydrogen-bond acceptors (Lipinski definition) is 3. The lowest BCUT2D eigenvalue weighted by molar-refractivity contribution is 1.12. The molecule has 0 aromatic carbocycles. The molecule has 6 heteroatoms. The molecule has 3 aromatic rings. The normalized spacial score (nSPS) is 11.1. The van der Waals surface area contributed by atoms with E-state index in [1.165, 1.54) is 0 Å². The minimum atomic E-state index is 0.349. The molecule has 0 unspecified atom stereocenters. The van der Waals surface area contributed by atoms with Crippen LogP contribution in [0, 0.1) is 6.92 Å². The Morgan fingerprint density at radius 3 is 2.44 bits per heavy atom. The second kappa shape index (κ2) is 4.23. The largest absolute Gasteiger partial charge is 0.306 e. The van der Waals surface area contributed by atoms with Gasteiger partial charge in [-0.2, -0.15) is 0 Å². The van der Waals surface area contributed by atoms with E-state index in [0.29, 0.717) is 27.4 Å². The fraction of sp³-hybridized carbons (Fsp3) is 0.0833. The zero-order chi connectivity index (χ0) is 12.7. The zero-order valence-corrected chi connectivity index (χ0v) is 10.9. The van der Waals surface area contributed by atoms with Crippen molar-refractivity contribution in [1.82, 2.24) is 19.4 Å². The Hall–Kier alpha value is -1.65. The predicted octanol–water partition coefficient (Wildman–Crippen LogP) is 3.41. The molecular formula is C12H8Cl2N4. The van der Waals surface area contributed by atoms with Crippen molar-refractivity contribution >= 4 is 28.8 Å². The summed E-state index contributed by atoms with van der Waals surface area (Å²) in [6.45, 7) is 1.78. The van der Waals surface area contributed by atoms with Crippen LogP contribution in [0.3, 0.4) is 0 Å². The molecule has 0 aliphatic rings. The van der Waals surface area contributed by atoms with Gasteiger partial charge in [0, 0.05) is 18.0 Å². The highest BCUT2D eigenvalue weighted by Gasteiger charge is 2.12. The van der Waals surface area contributed by atoms with Crippen molar-refractivity contribution in [3.63, 3.8) is 0 Å². The Bertz CT molecular complexity index is 680. The number of imidazole rings is 1. The molecule has 0 amide bonds. The van der Waals surface area contributed by atoms with Crippen LogP contribution in [0.5, 0.6) is 0 Å². The van der Waals surface area contributed by atoms with E-state index < -0.39 is 0 Å². The zero-order valence-electron chi connectivity index (χ0n) is 9.43. The minimum Gasteiger partial charge on any atom is -0.306 e. The molecule has 0 aliphatic carbocycles. The van der Waals surface area contributed by atoms with Crippen LogP contribution in [0.25, 0.3) is 17.2 Å². The molecule has 0 bridgehead atoms. The van der Waals surface area contributed by atoms with E-state index in [1.54, 1.807) is 6.92 Å². The number of pyridine rings is 1. The van der Waals surface area contributed by atoms with Crippen molar-refractivity contribution in [3.05, 3.63) is 46.5 Å². The highest BCUT2D eigenvalue weighted by Crippen LogP contribution is 2.24. The van der Waals surface area contributed by atoms with Crippen molar-refractivity contribution in [2.75, 3.05) is 0 Å². The molecule has 0 radical (unpaired) electrons. The number of aromatic nitrogens is 4. The van der Waals surface area contributed by atoms with Gasteiger partial charge in [-0.25, -0.2) is 15.0 Å². The van der Waals surface area contributed by atoms with Gasteiger partial charge in [-0.3, -0.25) is 0 Å². The summed E-state index contributed by atoms with van der Waals surface area (Å²) in [7, 11) is 0. The molecule has 0 atom stereocenters. The number of hydrogen-bond donors (Lipinski definition) is 0. The molecule has 0 saturated heterocycles. The number of rotatable bonds is 1. The Kier molecular flexibility index (Phi) is 2.69. The fourth-order valence-corrected chi connectivity index (χ4v) is 2.01. The first-order valence-electron chi connectivity index (χ1n) is 5.29. The average molecular weight is 279 g/mol. The molecule has 3 aromatic heterocycles. The van der Waals surface area contributed by atoms with E-state index in [4.69, 9.17) is 23.2 Å². The summed E-state index contributed by atoms with van der Waals surface area (Å²) >= 11 is 12.0. The molecule has 3 heterocycles. The molecule has 18 heavy (non-hydrogen) atoms. The molecule has 90 valence electrons. The highest BCUT2D eigenvalue weighted by atomic mass is 35.5. The molecule has 4 nitrogen and oxygen atoms in total. The minimum absolute atomic E-state index is 0.349. The van der Waals surface area contributed by atoms with Gasteiger partial charge in [-0.05, 0) is 19.1 Å². The van der Waals surface area contributed by atoms with Gasteiger partial charge in [0.15, 0.2) is 5.82 Å². The second-order valence-electron chi connectivity index (χ2n) is 3.85. The maximum atomic E-state index is 6.00. The summed E-state index contributed by atoms with van der Waals surface area (Å²) in [5.41, 5.74) is 2.14. The van der Waals surface area contributed by atoms with E-state index in [0.717, 1.165) is 5.65 Å². The Morgan fingerprint density at radius 1 is 1.06 bits per heavy atom. The van der Waals surface area contributed by atoms with Gasteiger partial charge in [-0.15, -0.1) is 0 Å².